The summed E-state index contributed by atoms with van der Waals surface area (Å²) in [4.78, 5) is 17.7. The van der Waals surface area contributed by atoms with Gasteiger partial charge in [0, 0.05) is 23.8 Å². The number of rotatable bonds is 3. The zero-order chi connectivity index (χ0) is 17.3. The molecule has 5 heteroatoms. The molecule has 1 aromatic carbocycles. The summed E-state index contributed by atoms with van der Waals surface area (Å²) in [6.45, 7) is 5.25. The van der Waals surface area contributed by atoms with Gasteiger partial charge in [-0.1, -0.05) is 23.7 Å². The van der Waals surface area contributed by atoms with E-state index in [1.54, 1.807) is 12.1 Å². The van der Waals surface area contributed by atoms with E-state index < -0.39 is 6.10 Å². The van der Waals surface area contributed by atoms with E-state index >= 15 is 0 Å². The minimum absolute atomic E-state index is 0.0556. The second-order valence-corrected chi connectivity index (χ2v) is 7.07. The molecule has 1 saturated heterocycles. The number of likely N-dealkylation sites (tertiary alicyclic amines) is 1. The maximum atomic E-state index is 12.6. The van der Waals surface area contributed by atoms with Gasteiger partial charge in [0.15, 0.2) is 0 Å². The lowest BCUT2D eigenvalue weighted by molar-refractivity contribution is 0.0458. The van der Waals surface area contributed by atoms with E-state index in [0.717, 1.165) is 29.7 Å². The Hall–Kier alpha value is -1.78. The standard InChI is InChI=1S/C19H23ClN2O2/c1-12-11-13(2)21-17(12)19(24)22-9-7-15(8-10-22)18(23)14-3-5-16(20)6-4-14/h3-6,11,15,18,21,23H,7-10H2,1-2H3. The molecule has 1 aliphatic heterocycles. The molecule has 4 nitrogen and oxygen atoms in total. The molecule has 0 spiro atoms. The van der Waals surface area contributed by atoms with Crippen LogP contribution in [0.2, 0.25) is 5.02 Å². The van der Waals surface area contributed by atoms with Gasteiger partial charge >= 0.3 is 0 Å². The van der Waals surface area contributed by atoms with Crippen molar-refractivity contribution in [2.24, 2.45) is 5.92 Å². The van der Waals surface area contributed by atoms with Gasteiger partial charge in [0.05, 0.1) is 6.10 Å². The lowest BCUT2D eigenvalue weighted by Gasteiger charge is -2.34. The van der Waals surface area contributed by atoms with Crippen LogP contribution >= 0.6 is 11.6 Å². The third-order valence-corrected chi connectivity index (χ3v) is 5.10. The summed E-state index contributed by atoms with van der Waals surface area (Å²) in [5.74, 6) is 0.224. The number of nitrogens with one attached hydrogen (secondary N) is 1. The van der Waals surface area contributed by atoms with E-state index in [-0.39, 0.29) is 11.8 Å². The maximum Gasteiger partial charge on any atom is 0.270 e. The Morgan fingerprint density at radius 2 is 1.88 bits per heavy atom. The van der Waals surface area contributed by atoms with Crippen molar-refractivity contribution in [3.63, 3.8) is 0 Å². The second-order valence-electron chi connectivity index (χ2n) is 6.64. The zero-order valence-corrected chi connectivity index (χ0v) is 14.8. The zero-order valence-electron chi connectivity index (χ0n) is 14.1. The molecule has 2 heterocycles. The Morgan fingerprint density at radius 1 is 1.25 bits per heavy atom. The van der Waals surface area contributed by atoms with Crippen molar-refractivity contribution in [2.45, 2.75) is 32.8 Å². The number of halogens is 1. The van der Waals surface area contributed by atoms with Crippen molar-refractivity contribution in [3.05, 3.63) is 57.9 Å². The number of piperidine rings is 1. The molecule has 0 bridgehead atoms. The molecule has 3 rings (SSSR count). The predicted octanol–water partition coefficient (Wildman–Crippen LogP) is 3.87. The third-order valence-electron chi connectivity index (χ3n) is 4.85. The molecule has 0 radical (unpaired) electrons. The molecule has 1 atom stereocenters. The number of carbonyl (C=O) groups excluding carboxylic acids is 1. The van der Waals surface area contributed by atoms with Crippen LogP contribution in [0.1, 0.15) is 46.3 Å². The number of hydrogen-bond acceptors (Lipinski definition) is 2. The smallest absolute Gasteiger partial charge is 0.270 e. The van der Waals surface area contributed by atoms with Crippen LogP contribution in [0.5, 0.6) is 0 Å². The van der Waals surface area contributed by atoms with Gasteiger partial charge in [-0.15, -0.1) is 0 Å². The number of amides is 1. The number of aliphatic hydroxyl groups is 1. The molecule has 2 aromatic rings. The summed E-state index contributed by atoms with van der Waals surface area (Å²) in [6, 6.07) is 9.33. The molecule has 1 fully saturated rings. The number of aromatic amines is 1. The number of aromatic nitrogens is 1. The Labute approximate surface area is 147 Å². The first kappa shape index (κ1) is 17.1. The Morgan fingerprint density at radius 3 is 2.42 bits per heavy atom. The van der Waals surface area contributed by atoms with Crippen LogP contribution in [0.3, 0.4) is 0 Å². The van der Waals surface area contributed by atoms with Gasteiger partial charge in [0.2, 0.25) is 0 Å². The molecule has 1 unspecified atom stereocenters. The molecule has 0 saturated carbocycles. The quantitative estimate of drug-likeness (QED) is 0.886. The first-order chi connectivity index (χ1) is 11.5. The van der Waals surface area contributed by atoms with Crippen LogP contribution < -0.4 is 0 Å². The van der Waals surface area contributed by atoms with Crippen LogP contribution in [-0.4, -0.2) is 34.0 Å². The second kappa shape index (κ2) is 6.99. The summed E-state index contributed by atoms with van der Waals surface area (Å²) in [5.41, 5.74) is 3.56. The summed E-state index contributed by atoms with van der Waals surface area (Å²) < 4.78 is 0. The Kier molecular flexibility index (Phi) is 4.97. The molecular weight excluding hydrogens is 324 g/mol. The number of H-pyrrole nitrogens is 1. The molecule has 1 aromatic heterocycles. The van der Waals surface area contributed by atoms with Crippen LogP contribution in [0, 0.1) is 19.8 Å². The van der Waals surface area contributed by atoms with E-state index in [0.29, 0.717) is 23.8 Å². The summed E-state index contributed by atoms with van der Waals surface area (Å²) in [7, 11) is 0. The summed E-state index contributed by atoms with van der Waals surface area (Å²) >= 11 is 5.90. The normalized spacial score (nSPS) is 17.1. The van der Waals surface area contributed by atoms with Gasteiger partial charge in [0.25, 0.3) is 5.91 Å². The molecule has 1 aliphatic rings. The van der Waals surface area contributed by atoms with Gasteiger partial charge < -0.3 is 15.0 Å². The highest BCUT2D eigenvalue weighted by Crippen LogP contribution is 2.31. The number of hydrogen-bond donors (Lipinski definition) is 2. The highest BCUT2D eigenvalue weighted by Gasteiger charge is 2.29. The van der Waals surface area contributed by atoms with E-state index in [2.05, 4.69) is 4.98 Å². The summed E-state index contributed by atoms with van der Waals surface area (Å²) in [5, 5.41) is 11.2. The molecular formula is C19H23ClN2O2. The van der Waals surface area contributed by atoms with Crippen LogP contribution in [0.15, 0.2) is 30.3 Å². The molecule has 24 heavy (non-hydrogen) atoms. The van der Waals surface area contributed by atoms with Gasteiger partial charge in [-0.25, -0.2) is 0 Å². The van der Waals surface area contributed by atoms with Crippen molar-refractivity contribution in [3.8, 4) is 0 Å². The van der Waals surface area contributed by atoms with Gasteiger partial charge in [-0.3, -0.25) is 4.79 Å². The maximum absolute atomic E-state index is 12.6. The van der Waals surface area contributed by atoms with Crippen molar-refractivity contribution >= 4 is 17.5 Å². The first-order valence-electron chi connectivity index (χ1n) is 8.34. The van der Waals surface area contributed by atoms with Gasteiger partial charge in [-0.2, -0.15) is 0 Å². The number of aryl methyl sites for hydroxylation is 2. The fourth-order valence-electron chi connectivity index (χ4n) is 3.46. The average Bonchev–Trinajstić information content (AvgIpc) is 2.93. The minimum Gasteiger partial charge on any atom is -0.388 e. The molecule has 128 valence electrons. The predicted molar refractivity (Wildman–Crippen MR) is 95.3 cm³/mol. The fraction of sp³-hybridized carbons (Fsp3) is 0.421. The molecule has 1 amide bonds. The fourth-order valence-corrected chi connectivity index (χ4v) is 3.59. The van der Waals surface area contributed by atoms with E-state index in [4.69, 9.17) is 11.6 Å². The number of benzene rings is 1. The number of aliphatic hydroxyl groups excluding tert-OH is 1. The highest BCUT2D eigenvalue weighted by molar-refractivity contribution is 6.30. The third kappa shape index (κ3) is 3.50. The lowest BCUT2D eigenvalue weighted by Crippen LogP contribution is -2.40. The monoisotopic (exact) mass is 346 g/mol. The van der Waals surface area contributed by atoms with E-state index in [1.165, 1.54) is 0 Å². The number of nitrogens with zero attached hydrogens (tertiary/aromatic N) is 1. The van der Waals surface area contributed by atoms with Gasteiger partial charge in [-0.05, 0) is 61.9 Å². The highest BCUT2D eigenvalue weighted by atomic mass is 35.5. The number of carbonyl (C=O) groups is 1. The van der Waals surface area contributed by atoms with E-state index in [1.807, 2.05) is 36.9 Å². The lowest BCUT2D eigenvalue weighted by atomic mass is 9.87. The van der Waals surface area contributed by atoms with Crippen molar-refractivity contribution in [1.29, 1.82) is 0 Å². The minimum atomic E-state index is -0.506. The van der Waals surface area contributed by atoms with Crippen molar-refractivity contribution in [2.75, 3.05) is 13.1 Å². The largest absolute Gasteiger partial charge is 0.388 e. The van der Waals surface area contributed by atoms with Crippen LogP contribution in [0.4, 0.5) is 0 Å². The van der Waals surface area contributed by atoms with Crippen LogP contribution in [-0.2, 0) is 0 Å². The van der Waals surface area contributed by atoms with Crippen molar-refractivity contribution in [1.82, 2.24) is 9.88 Å². The molecule has 2 N–H and O–H groups in total. The van der Waals surface area contributed by atoms with Crippen LogP contribution in [0.25, 0.3) is 0 Å². The molecule has 0 aliphatic carbocycles. The summed E-state index contributed by atoms with van der Waals surface area (Å²) in [6.07, 6.45) is 1.09. The topological polar surface area (TPSA) is 56.3 Å². The first-order valence-corrected chi connectivity index (χ1v) is 8.72. The van der Waals surface area contributed by atoms with Crippen molar-refractivity contribution < 1.29 is 9.90 Å². The van der Waals surface area contributed by atoms with Gasteiger partial charge in [0.1, 0.15) is 5.69 Å². The average molecular weight is 347 g/mol. The Bertz CT molecular complexity index is 715. The SMILES string of the molecule is Cc1cc(C)c(C(=O)N2CCC(C(O)c3ccc(Cl)cc3)CC2)[nH]1. The Balaban J connectivity index is 1.62. The van der Waals surface area contributed by atoms with E-state index in [9.17, 15) is 9.90 Å².